The first-order chi connectivity index (χ1) is 25.3. The molecule has 15 nitrogen and oxygen atoms in total. The molecule has 1 aliphatic heterocycles. The van der Waals surface area contributed by atoms with Crippen LogP contribution >= 0.6 is 22.1 Å². The minimum Gasteiger partial charge on any atom is -0.470 e. The molecule has 1 aromatic carbocycles. The van der Waals surface area contributed by atoms with Gasteiger partial charge in [-0.2, -0.15) is 0 Å². The highest BCUT2D eigenvalue weighted by molar-refractivity contribution is 8.72. The van der Waals surface area contributed by atoms with Crippen LogP contribution in [0.3, 0.4) is 0 Å². The smallest absolute Gasteiger partial charge is 0.470 e. The van der Waals surface area contributed by atoms with Crippen molar-refractivity contribution in [3.05, 3.63) is 52.9 Å². The van der Waals surface area contributed by atoms with Gasteiger partial charge in [-0.1, -0.05) is 38.1 Å². The molecule has 2 amide bonds. The highest BCUT2D eigenvalue weighted by Crippen LogP contribution is 2.36. The van der Waals surface area contributed by atoms with Gasteiger partial charge in [-0.25, -0.2) is 18.2 Å². The molecule has 1 saturated heterocycles. The topological polar surface area (TPSA) is 186 Å². The molecule has 3 aromatic rings. The first-order valence-corrected chi connectivity index (χ1v) is 21.5. The number of thiazole rings is 1. The van der Waals surface area contributed by atoms with Crippen LogP contribution in [0.2, 0.25) is 0 Å². The van der Waals surface area contributed by atoms with Gasteiger partial charge in [-0.15, -0.1) is 11.3 Å². The Labute approximate surface area is 324 Å². The van der Waals surface area contributed by atoms with Crippen LogP contribution in [0.15, 0.2) is 40.4 Å². The number of carbonyl (C=O) groups excluding carboxylic acids is 3. The van der Waals surface area contributed by atoms with Crippen molar-refractivity contribution in [2.75, 3.05) is 33.6 Å². The Bertz CT molecular complexity index is 1840. The second-order valence-electron chi connectivity index (χ2n) is 14.0. The third-order valence-corrected chi connectivity index (χ3v) is 13.4. The lowest BCUT2D eigenvalue weighted by Gasteiger charge is -2.29. The molecule has 1 N–H and O–H groups in total. The van der Waals surface area contributed by atoms with Crippen LogP contribution in [0.25, 0.3) is 10.4 Å². The number of benzene rings is 1. The molecular formula is C36H50N4O11S3. The maximum atomic E-state index is 14.4. The summed E-state index contributed by atoms with van der Waals surface area (Å²) in [5.74, 6) is -1.69. The van der Waals surface area contributed by atoms with E-state index in [1.807, 2.05) is 52.0 Å². The number of ether oxygens (including phenoxy) is 5. The fourth-order valence-electron chi connectivity index (χ4n) is 5.96. The van der Waals surface area contributed by atoms with Crippen LogP contribution in [0.1, 0.15) is 76.9 Å². The Morgan fingerprint density at radius 3 is 2.35 bits per heavy atom. The number of likely N-dealkylation sites (tertiary alicyclic amines) is 1. The summed E-state index contributed by atoms with van der Waals surface area (Å²) in [6.07, 6.45) is -2.38. The van der Waals surface area contributed by atoms with Gasteiger partial charge in [-0.3, -0.25) is 9.59 Å². The van der Waals surface area contributed by atoms with Crippen LogP contribution in [0, 0.1) is 12.8 Å². The number of aromatic nitrogens is 2. The van der Waals surface area contributed by atoms with Gasteiger partial charge >= 0.3 is 6.16 Å². The zero-order valence-corrected chi connectivity index (χ0v) is 34.6. The SMILES string of the molecule is COC(COc1cc([C@H](C(=O)N2C[C@H](OC(=O)OC(C)C(C)(C)SS(C)(=O)=O)C[C@H]2C(=O)N[C@@H](C)c2ccc(-c3scnc3C)cc2)C(C)C)on1)OC. The second kappa shape index (κ2) is 18.3. The molecule has 18 heteroatoms. The molecule has 1 aliphatic rings. The molecule has 54 heavy (non-hydrogen) atoms. The highest BCUT2D eigenvalue weighted by Gasteiger charge is 2.46. The van der Waals surface area contributed by atoms with Crippen molar-refractivity contribution in [2.45, 2.75) is 96.1 Å². The molecule has 0 aliphatic carbocycles. The molecule has 3 heterocycles. The van der Waals surface area contributed by atoms with Gasteiger partial charge in [0.2, 0.25) is 11.8 Å². The van der Waals surface area contributed by atoms with Gasteiger partial charge in [-0.05, 0) is 67.6 Å². The van der Waals surface area contributed by atoms with E-state index < -0.39 is 68.1 Å². The summed E-state index contributed by atoms with van der Waals surface area (Å²) in [6.45, 7) is 12.2. The Kier molecular flexibility index (Phi) is 14.6. The molecule has 4 rings (SSSR count). The Hall–Kier alpha value is -3.71. The van der Waals surface area contributed by atoms with Crippen LogP contribution < -0.4 is 10.1 Å². The van der Waals surface area contributed by atoms with E-state index in [9.17, 15) is 22.8 Å². The van der Waals surface area contributed by atoms with E-state index in [0.717, 1.165) is 28.0 Å². The van der Waals surface area contributed by atoms with Crippen LogP contribution in [0.5, 0.6) is 5.88 Å². The van der Waals surface area contributed by atoms with Crippen LogP contribution in [-0.4, -0.2) is 104 Å². The van der Waals surface area contributed by atoms with E-state index in [-0.39, 0.29) is 37.1 Å². The summed E-state index contributed by atoms with van der Waals surface area (Å²) in [7, 11) is 0.169. The summed E-state index contributed by atoms with van der Waals surface area (Å²) < 4.78 is 55.5. The number of nitrogens with one attached hydrogen (secondary N) is 1. The number of nitrogens with zero attached hydrogens (tertiary/aromatic N) is 3. The first-order valence-electron chi connectivity index (χ1n) is 17.4. The van der Waals surface area contributed by atoms with Gasteiger partial charge in [0.15, 0.2) is 20.9 Å². The van der Waals surface area contributed by atoms with Crippen molar-refractivity contribution >= 4 is 49.0 Å². The number of hydrogen-bond acceptors (Lipinski definition) is 15. The molecule has 0 bridgehead atoms. The molecular weight excluding hydrogens is 761 g/mol. The average molecular weight is 811 g/mol. The Balaban J connectivity index is 1.54. The third kappa shape index (κ3) is 11.2. The van der Waals surface area contributed by atoms with Gasteiger partial charge in [0, 0.05) is 33.0 Å². The predicted octanol–water partition coefficient (Wildman–Crippen LogP) is 5.70. The summed E-state index contributed by atoms with van der Waals surface area (Å²) in [5, 5.41) is 6.99. The zero-order chi connectivity index (χ0) is 40.0. The summed E-state index contributed by atoms with van der Waals surface area (Å²) in [4.78, 5) is 48.3. The van der Waals surface area contributed by atoms with E-state index in [1.54, 1.807) is 37.6 Å². The maximum absolute atomic E-state index is 14.4. The normalized spacial score (nSPS) is 18.0. The Morgan fingerprint density at radius 2 is 1.78 bits per heavy atom. The van der Waals surface area contributed by atoms with Crippen molar-refractivity contribution in [3.63, 3.8) is 0 Å². The van der Waals surface area contributed by atoms with Crippen LogP contribution in [0.4, 0.5) is 4.79 Å². The summed E-state index contributed by atoms with van der Waals surface area (Å²) in [5.41, 5.74) is 4.60. The van der Waals surface area contributed by atoms with Crippen molar-refractivity contribution in [2.24, 2.45) is 5.92 Å². The predicted molar refractivity (Wildman–Crippen MR) is 204 cm³/mol. The fraction of sp³-hybridized carbons (Fsp3) is 0.583. The number of aryl methyl sites for hydroxylation is 1. The average Bonchev–Trinajstić information content (AvgIpc) is 3.84. The molecule has 298 valence electrons. The van der Waals surface area contributed by atoms with Gasteiger partial charge < -0.3 is 38.4 Å². The molecule has 1 unspecified atom stereocenters. The van der Waals surface area contributed by atoms with Crippen molar-refractivity contribution in [3.8, 4) is 16.3 Å². The van der Waals surface area contributed by atoms with Crippen molar-refractivity contribution in [1.29, 1.82) is 0 Å². The van der Waals surface area contributed by atoms with E-state index in [0.29, 0.717) is 10.8 Å². The van der Waals surface area contributed by atoms with Crippen LogP contribution in [-0.2, 0) is 37.4 Å². The van der Waals surface area contributed by atoms with E-state index in [2.05, 4.69) is 15.5 Å². The minimum atomic E-state index is -3.45. The highest BCUT2D eigenvalue weighted by atomic mass is 33.1. The fourth-order valence-corrected chi connectivity index (χ4v) is 10.5. The second-order valence-corrected chi connectivity index (χ2v) is 19.8. The number of rotatable bonds is 17. The van der Waals surface area contributed by atoms with E-state index >= 15 is 0 Å². The minimum absolute atomic E-state index is 0.0101. The van der Waals surface area contributed by atoms with Crippen molar-refractivity contribution < 1.29 is 51.0 Å². The summed E-state index contributed by atoms with van der Waals surface area (Å²) in [6, 6.07) is 7.89. The lowest BCUT2D eigenvalue weighted by molar-refractivity contribution is -0.141. The quantitative estimate of drug-likeness (QED) is 0.0994. The first kappa shape index (κ1) is 43.0. The molecule has 0 radical (unpaired) electrons. The lowest BCUT2D eigenvalue weighted by Crippen LogP contribution is -2.48. The zero-order valence-electron chi connectivity index (χ0n) is 32.2. The standard InChI is InChI=1S/C36H50N4O11S3/c1-20(2)31(28-16-29(39-51-28)48-18-30(46-8)47-9)34(42)40-17-26(50-35(43)49-23(5)36(6,7)53-54(10,44)45)15-27(40)33(41)38-21(3)24-11-13-25(14-12-24)32-22(4)37-19-52-32/h11-14,16,19-21,23,26-27,30-31H,15,17-18H2,1-10H3,(H,38,41)/t21-,23?,26+,27-,31+/m0/s1. The van der Waals surface area contributed by atoms with Crippen molar-refractivity contribution in [1.82, 2.24) is 20.4 Å². The third-order valence-electron chi connectivity index (χ3n) is 9.15. The van der Waals surface area contributed by atoms with Gasteiger partial charge in [0.1, 0.15) is 30.8 Å². The molecule has 2 aromatic heterocycles. The largest absolute Gasteiger partial charge is 0.508 e. The molecule has 0 saturated carbocycles. The lowest BCUT2D eigenvalue weighted by atomic mass is 9.91. The Morgan fingerprint density at radius 1 is 1.11 bits per heavy atom. The van der Waals surface area contributed by atoms with E-state index in [4.69, 9.17) is 28.2 Å². The number of methoxy groups -OCH3 is 2. The molecule has 0 spiro atoms. The maximum Gasteiger partial charge on any atom is 0.508 e. The number of carbonyl (C=O) groups is 3. The molecule has 1 fully saturated rings. The summed E-state index contributed by atoms with van der Waals surface area (Å²) >= 11 is 1.55. The number of amides is 2. The van der Waals surface area contributed by atoms with Gasteiger partial charge in [0.05, 0.1) is 33.4 Å². The monoisotopic (exact) mass is 810 g/mol. The van der Waals surface area contributed by atoms with E-state index in [1.165, 1.54) is 25.2 Å². The number of hydrogen-bond donors (Lipinski definition) is 1. The molecule has 5 atom stereocenters. The van der Waals surface area contributed by atoms with Gasteiger partial charge in [0.25, 0.3) is 5.88 Å².